The van der Waals surface area contributed by atoms with Crippen LogP contribution in [0.5, 0.6) is 0 Å². The zero-order valence-electron chi connectivity index (χ0n) is 7.88. The Balaban J connectivity index is 3.09. The van der Waals surface area contributed by atoms with Crippen LogP contribution in [0.4, 0.5) is 0 Å². The molecule has 0 aliphatic rings. The van der Waals surface area contributed by atoms with E-state index in [2.05, 4.69) is 18.6 Å². The summed E-state index contributed by atoms with van der Waals surface area (Å²) in [6.45, 7) is 5.00. The van der Waals surface area contributed by atoms with Gasteiger partial charge >= 0.3 is 0 Å². The summed E-state index contributed by atoms with van der Waals surface area (Å²) in [5.74, 6) is 1.24. The number of rotatable bonds is 7. The first kappa shape index (κ1) is 11.6. The van der Waals surface area contributed by atoms with Gasteiger partial charge in [-0.2, -0.15) is 17.0 Å². The Bertz CT molecular complexity index is 133. The van der Waals surface area contributed by atoms with E-state index in [4.69, 9.17) is 5.26 Å². The van der Waals surface area contributed by atoms with Crippen LogP contribution in [0.1, 0.15) is 33.1 Å². The maximum absolute atomic E-state index is 8.10. The van der Waals surface area contributed by atoms with Gasteiger partial charge < -0.3 is 4.74 Å². The van der Waals surface area contributed by atoms with E-state index in [-0.39, 0.29) is 0 Å². The maximum Gasteiger partial charge on any atom is 0.286 e. The summed E-state index contributed by atoms with van der Waals surface area (Å²) in [5.41, 5.74) is 0. The highest BCUT2D eigenvalue weighted by atomic mass is 32.2. The molecule has 0 saturated heterocycles. The van der Waals surface area contributed by atoms with Crippen molar-refractivity contribution in [3.05, 3.63) is 0 Å². The molecule has 0 spiro atoms. The average Bonchev–Trinajstić information content (AvgIpc) is 2.09. The lowest BCUT2D eigenvalue weighted by Gasteiger charge is -2.08. The Morgan fingerprint density at radius 1 is 1.58 bits per heavy atom. The molecule has 1 unspecified atom stereocenters. The van der Waals surface area contributed by atoms with Crippen LogP contribution in [0.25, 0.3) is 0 Å². The van der Waals surface area contributed by atoms with E-state index in [1.54, 1.807) is 6.26 Å². The predicted molar refractivity (Wildman–Crippen MR) is 53.0 cm³/mol. The molecule has 0 aromatic rings. The lowest BCUT2D eigenvalue weighted by molar-refractivity contribution is 0.262. The number of hydrogen-bond acceptors (Lipinski definition) is 3. The predicted octanol–water partition coefficient (Wildman–Crippen LogP) is 2.80. The molecule has 0 aliphatic carbocycles. The monoisotopic (exact) mass is 187 g/mol. The van der Waals surface area contributed by atoms with E-state index in [0.29, 0.717) is 11.9 Å². The highest BCUT2D eigenvalue weighted by molar-refractivity contribution is 7.99. The summed E-state index contributed by atoms with van der Waals surface area (Å²) >= 11 is 2.00. The largest absolute Gasteiger partial charge is 0.428 e. The molecule has 70 valence electrons. The normalized spacial score (nSPS) is 12.1. The molecule has 1 atom stereocenters. The van der Waals surface area contributed by atoms with E-state index in [9.17, 15) is 0 Å². The van der Waals surface area contributed by atoms with Crippen molar-refractivity contribution in [2.45, 2.75) is 38.4 Å². The minimum atomic E-state index is 0.577. The maximum atomic E-state index is 8.10. The molecule has 0 heterocycles. The van der Waals surface area contributed by atoms with Gasteiger partial charge in [0.15, 0.2) is 0 Å². The average molecular weight is 187 g/mol. The zero-order valence-corrected chi connectivity index (χ0v) is 8.69. The lowest BCUT2D eigenvalue weighted by atomic mass is 10.2. The fourth-order valence-electron chi connectivity index (χ4n) is 0.891. The molecule has 0 aromatic carbocycles. The van der Waals surface area contributed by atoms with Crippen LogP contribution in [-0.2, 0) is 4.74 Å². The van der Waals surface area contributed by atoms with Gasteiger partial charge in [0.2, 0.25) is 0 Å². The third-order valence-electron chi connectivity index (χ3n) is 1.53. The lowest BCUT2D eigenvalue weighted by Crippen LogP contribution is -1.99. The second-order valence-corrected chi connectivity index (χ2v) is 4.31. The van der Waals surface area contributed by atoms with Gasteiger partial charge in [-0.25, -0.2) is 0 Å². The standard InChI is InChI=1S/C9H17NOS/c1-3-7-12-9(2)5-4-6-11-8-10/h9H,3-7H2,1-2H3. The van der Waals surface area contributed by atoms with Crippen LogP contribution in [0.2, 0.25) is 0 Å². The first-order valence-corrected chi connectivity index (χ1v) is 5.48. The summed E-state index contributed by atoms with van der Waals surface area (Å²) in [5, 5.41) is 8.80. The van der Waals surface area contributed by atoms with Crippen molar-refractivity contribution in [1.82, 2.24) is 0 Å². The Labute approximate surface area is 79.3 Å². The zero-order chi connectivity index (χ0) is 9.23. The van der Waals surface area contributed by atoms with Crippen LogP contribution >= 0.6 is 11.8 Å². The fourth-order valence-corrected chi connectivity index (χ4v) is 1.86. The van der Waals surface area contributed by atoms with E-state index >= 15 is 0 Å². The quantitative estimate of drug-likeness (QED) is 0.454. The highest BCUT2D eigenvalue weighted by Crippen LogP contribution is 2.16. The van der Waals surface area contributed by atoms with Gasteiger partial charge in [0.25, 0.3) is 6.26 Å². The third kappa shape index (κ3) is 7.74. The van der Waals surface area contributed by atoms with Crippen molar-refractivity contribution in [3.63, 3.8) is 0 Å². The molecule has 2 nitrogen and oxygen atoms in total. The molecule has 12 heavy (non-hydrogen) atoms. The van der Waals surface area contributed by atoms with E-state index in [1.165, 1.54) is 12.2 Å². The van der Waals surface area contributed by atoms with Gasteiger partial charge in [-0.1, -0.05) is 13.8 Å². The van der Waals surface area contributed by atoms with Crippen LogP contribution in [0, 0.1) is 11.5 Å². The van der Waals surface area contributed by atoms with E-state index in [0.717, 1.165) is 12.8 Å². The molecule has 0 N–H and O–H groups in total. The second kappa shape index (κ2) is 8.73. The number of nitriles is 1. The van der Waals surface area contributed by atoms with E-state index in [1.807, 2.05) is 11.8 Å². The Kier molecular flexibility index (Phi) is 8.47. The summed E-state index contributed by atoms with van der Waals surface area (Å²) in [6.07, 6.45) is 5.05. The Hall–Kier alpha value is -0.360. The Morgan fingerprint density at radius 3 is 2.92 bits per heavy atom. The second-order valence-electron chi connectivity index (χ2n) is 2.76. The van der Waals surface area contributed by atoms with Crippen molar-refractivity contribution in [2.24, 2.45) is 0 Å². The molecule has 0 aliphatic heterocycles. The van der Waals surface area contributed by atoms with Crippen molar-refractivity contribution in [2.75, 3.05) is 12.4 Å². The molecule has 0 aromatic heterocycles. The number of thioether (sulfide) groups is 1. The van der Waals surface area contributed by atoms with Crippen LogP contribution in [-0.4, -0.2) is 17.6 Å². The molecular formula is C9H17NOS. The summed E-state index contributed by atoms with van der Waals surface area (Å²) in [6, 6.07) is 0. The fraction of sp³-hybridized carbons (Fsp3) is 0.889. The molecule has 0 radical (unpaired) electrons. The van der Waals surface area contributed by atoms with Gasteiger partial charge in [-0.15, -0.1) is 0 Å². The molecule has 0 saturated carbocycles. The van der Waals surface area contributed by atoms with Gasteiger partial charge in [0.1, 0.15) is 6.61 Å². The van der Waals surface area contributed by atoms with Crippen LogP contribution in [0.15, 0.2) is 0 Å². The van der Waals surface area contributed by atoms with Crippen LogP contribution < -0.4 is 0 Å². The topological polar surface area (TPSA) is 33.0 Å². The molecule has 0 fully saturated rings. The van der Waals surface area contributed by atoms with Crippen molar-refractivity contribution >= 4 is 11.8 Å². The third-order valence-corrected chi connectivity index (χ3v) is 2.98. The summed E-state index contributed by atoms with van der Waals surface area (Å²) in [4.78, 5) is 0. The molecule has 0 rings (SSSR count). The highest BCUT2D eigenvalue weighted by Gasteiger charge is 2.00. The van der Waals surface area contributed by atoms with Gasteiger partial charge in [0, 0.05) is 5.25 Å². The van der Waals surface area contributed by atoms with Gasteiger partial charge in [-0.3, -0.25) is 0 Å². The van der Waals surface area contributed by atoms with Crippen molar-refractivity contribution < 1.29 is 4.74 Å². The molecule has 0 bridgehead atoms. The van der Waals surface area contributed by atoms with E-state index < -0.39 is 0 Å². The SMILES string of the molecule is CCCSC(C)CCCOC#N. The Morgan fingerprint density at radius 2 is 2.33 bits per heavy atom. The summed E-state index contributed by atoms with van der Waals surface area (Å²) < 4.78 is 4.58. The molecule has 0 amide bonds. The first-order valence-electron chi connectivity index (χ1n) is 4.43. The van der Waals surface area contributed by atoms with Gasteiger partial charge in [0.05, 0.1) is 0 Å². The first-order chi connectivity index (χ1) is 5.81. The van der Waals surface area contributed by atoms with Crippen molar-refractivity contribution in [1.29, 1.82) is 5.26 Å². The number of hydrogen-bond donors (Lipinski definition) is 0. The minimum Gasteiger partial charge on any atom is -0.428 e. The number of ether oxygens (including phenoxy) is 1. The van der Waals surface area contributed by atoms with Crippen molar-refractivity contribution in [3.8, 4) is 6.26 Å². The molecule has 3 heteroatoms. The molecular weight excluding hydrogens is 170 g/mol. The smallest absolute Gasteiger partial charge is 0.286 e. The number of nitrogens with zero attached hydrogens (tertiary/aromatic N) is 1. The minimum absolute atomic E-state index is 0.577. The van der Waals surface area contributed by atoms with Crippen LogP contribution in [0.3, 0.4) is 0 Å². The van der Waals surface area contributed by atoms with Gasteiger partial charge in [-0.05, 0) is 25.0 Å². The summed E-state index contributed by atoms with van der Waals surface area (Å²) in [7, 11) is 0.